The van der Waals surface area contributed by atoms with Gasteiger partial charge in [0.25, 0.3) is 0 Å². The van der Waals surface area contributed by atoms with Crippen LogP contribution in [-0.2, 0) is 64.9 Å². The van der Waals surface area contributed by atoms with E-state index in [9.17, 15) is 24.3 Å². The maximum Gasteiger partial charge on any atom is 0.414 e. The number of ether oxygens (including phenoxy) is 2. The van der Waals surface area contributed by atoms with Gasteiger partial charge < -0.3 is 45.2 Å². The number of aromatic hydroxyl groups is 1. The number of nitrogens with one attached hydrogen (secondary N) is 2. The standard InChI is InChI=1S/C27H29N3O5.C10H19N2O3.Y/c1-28-21-10-8-18(9-11-21)17-35-27(33)30(24-14-25(32)26(34-3)13-20(24)16-31)15-22-12-19-6-4-5-7-23(19)29(22)2;1-7(2)9(12-15-8(3)4)10(14)11-5-6-13;/h4-11,13-14,16,22,28,32H,12,15,17H2,1-3H3;6-9H,5H2,1-4H3,(H,11,14);/q;-1;. The van der Waals surface area contributed by atoms with Gasteiger partial charge in [0.1, 0.15) is 12.9 Å². The van der Waals surface area contributed by atoms with Gasteiger partial charge in [-0.3, -0.25) is 14.5 Å². The molecule has 273 valence electrons. The van der Waals surface area contributed by atoms with E-state index in [4.69, 9.17) is 14.3 Å². The Morgan fingerprint density at radius 2 is 1.76 bits per heavy atom. The SMILES string of the molecule is CC(C)O[N-]C(C(=O)NCC=O)C(C)C.CNc1ccc(COC(=O)N(CC2Cc3ccccc3N2C)c2cc(O)c(OC)cc2C=O)cc1.[Y]. The molecule has 0 fully saturated rings. The Bertz CT molecular complexity index is 1590. The average molecular weight is 780 g/mol. The molecule has 1 heterocycles. The smallest absolute Gasteiger partial charge is 0.414 e. The van der Waals surface area contributed by atoms with E-state index in [2.05, 4.69) is 27.1 Å². The molecule has 2 amide bonds. The summed E-state index contributed by atoms with van der Waals surface area (Å²) in [5, 5.41) is 15.9. The zero-order valence-electron chi connectivity index (χ0n) is 30.3. The molecule has 1 aliphatic rings. The largest absolute Gasteiger partial charge is 0.523 e. The second-order valence-electron chi connectivity index (χ2n) is 12.3. The molecule has 0 saturated carbocycles. The molecule has 0 bridgehead atoms. The van der Waals surface area contributed by atoms with Crippen molar-refractivity contribution in [1.29, 1.82) is 0 Å². The van der Waals surface area contributed by atoms with E-state index in [1.165, 1.54) is 29.7 Å². The third kappa shape index (κ3) is 12.3. The first-order chi connectivity index (χ1) is 23.9. The van der Waals surface area contributed by atoms with Crippen LogP contribution in [0.3, 0.4) is 0 Å². The van der Waals surface area contributed by atoms with Crippen LogP contribution in [-0.4, -0.2) is 82.2 Å². The van der Waals surface area contributed by atoms with Crippen molar-refractivity contribution in [3.63, 3.8) is 0 Å². The van der Waals surface area contributed by atoms with E-state index < -0.39 is 12.1 Å². The van der Waals surface area contributed by atoms with Crippen LogP contribution >= 0.6 is 0 Å². The molecule has 0 saturated heterocycles. The number of para-hydroxylation sites is 1. The quantitative estimate of drug-likeness (QED) is 0.133. The first-order valence-electron chi connectivity index (χ1n) is 16.4. The fraction of sp³-hybridized carbons (Fsp3) is 0.405. The summed E-state index contributed by atoms with van der Waals surface area (Å²) in [5.74, 6) is -0.260. The van der Waals surface area contributed by atoms with Gasteiger partial charge in [-0.2, -0.15) is 0 Å². The second kappa shape index (κ2) is 21.4. The molecule has 4 rings (SSSR count). The first-order valence-corrected chi connectivity index (χ1v) is 16.4. The Morgan fingerprint density at radius 3 is 2.33 bits per heavy atom. The topological polar surface area (TPSA) is 161 Å². The number of hydrogen-bond donors (Lipinski definition) is 3. The number of likely N-dealkylation sites (N-methyl/N-ethyl adjacent to an activating group) is 1. The average Bonchev–Trinajstić information content (AvgIpc) is 3.43. The number of anilines is 3. The minimum atomic E-state index is -0.611. The third-order valence-electron chi connectivity index (χ3n) is 7.98. The number of hydrogen-bond acceptors (Lipinski definition) is 10. The van der Waals surface area contributed by atoms with Crippen molar-refractivity contribution in [2.24, 2.45) is 5.92 Å². The van der Waals surface area contributed by atoms with E-state index in [-0.39, 0.29) is 99.1 Å². The summed E-state index contributed by atoms with van der Waals surface area (Å²) >= 11 is 0. The summed E-state index contributed by atoms with van der Waals surface area (Å²) < 4.78 is 10.8. The summed E-state index contributed by atoms with van der Waals surface area (Å²) in [6.07, 6.45) is 1.35. The minimum Gasteiger partial charge on any atom is -0.523 e. The summed E-state index contributed by atoms with van der Waals surface area (Å²) in [4.78, 5) is 55.5. The molecule has 0 aromatic heterocycles. The zero-order chi connectivity index (χ0) is 36.8. The summed E-state index contributed by atoms with van der Waals surface area (Å²) in [7, 11) is 5.22. The number of methoxy groups -OCH3 is 1. The van der Waals surface area contributed by atoms with Crippen molar-refractivity contribution >= 4 is 41.6 Å². The van der Waals surface area contributed by atoms with Gasteiger partial charge in [-0.1, -0.05) is 50.1 Å². The van der Waals surface area contributed by atoms with E-state index in [0.717, 1.165) is 23.4 Å². The van der Waals surface area contributed by atoms with Gasteiger partial charge >= 0.3 is 6.09 Å². The van der Waals surface area contributed by atoms with E-state index in [1.807, 2.05) is 84.3 Å². The van der Waals surface area contributed by atoms with Gasteiger partial charge in [-0.25, -0.2) is 4.79 Å². The van der Waals surface area contributed by atoms with Crippen LogP contribution in [0.2, 0.25) is 0 Å². The molecule has 3 N–H and O–H groups in total. The monoisotopic (exact) mass is 779 g/mol. The second-order valence-corrected chi connectivity index (χ2v) is 12.3. The number of carbonyl (C=O) groups excluding carboxylic acids is 4. The number of hydroxylamine groups is 1. The molecule has 1 radical (unpaired) electrons. The van der Waals surface area contributed by atoms with E-state index >= 15 is 0 Å². The molecule has 2 unspecified atom stereocenters. The number of carbonyl (C=O) groups is 4. The van der Waals surface area contributed by atoms with Crippen LogP contribution in [0.4, 0.5) is 21.9 Å². The summed E-state index contributed by atoms with van der Waals surface area (Å²) in [5.41, 5.74) is 8.40. The van der Waals surface area contributed by atoms with Crippen LogP contribution in [0.5, 0.6) is 11.5 Å². The van der Waals surface area contributed by atoms with Crippen molar-refractivity contribution < 1.29 is 71.3 Å². The van der Waals surface area contributed by atoms with Crippen molar-refractivity contribution in [2.45, 2.75) is 58.9 Å². The number of benzene rings is 3. The molecule has 51 heavy (non-hydrogen) atoms. The van der Waals surface area contributed by atoms with Crippen LogP contribution in [0.15, 0.2) is 60.7 Å². The van der Waals surface area contributed by atoms with Gasteiger partial charge in [0.2, 0.25) is 5.91 Å². The summed E-state index contributed by atoms with van der Waals surface area (Å²) in [6, 6.07) is 17.8. The molecular weight excluding hydrogens is 731 g/mol. The van der Waals surface area contributed by atoms with Crippen molar-refractivity contribution in [3.05, 3.63) is 82.8 Å². The molecule has 1 aliphatic heterocycles. The van der Waals surface area contributed by atoms with Crippen molar-refractivity contribution in [2.75, 3.05) is 49.4 Å². The number of amides is 2. The van der Waals surface area contributed by atoms with Crippen LogP contribution in [0.1, 0.15) is 49.2 Å². The molecule has 13 nitrogen and oxygen atoms in total. The van der Waals surface area contributed by atoms with E-state index in [0.29, 0.717) is 12.6 Å². The molecule has 0 spiro atoms. The van der Waals surface area contributed by atoms with Crippen LogP contribution < -0.4 is 25.2 Å². The number of aldehydes is 2. The van der Waals surface area contributed by atoms with Gasteiger partial charge in [-0.05, 0) is 61.7 Å². The fourth-order valence-electron chi connectivity index (χ4n) is 5.25. The molecule has 14 heteroatoms. The third-order valence-corrected chi connectivity index (χ3v) is 7.98. The molecular formula is C37H48N5O8Y-. The minimum absolute atomic E-state index is 0. The first kappa shape index (κ1) is 43.1. The number of fused-ring (bicyclic) bond motifs is 1. The zero-order valence-corrected chi connectivity index (χ0v) is 33.1. The Labute approximate surface area is 325 Å². The number of phenolic OH excluding ortho intramolecular Hbond substituents is 1. The fourth-order valence-corrected chi connectivity index (χ4v) is 5.25. The molecule has 3 aromatic carbocycles. The number of rotatable bonds is 15. The molecule has 2 atom stereocenters. The Morgan fingerprint density at radius 1 is 1.08 bits per heavy atom. The van der Waals surface area contributed by atoms with Gasteiger partial charge in [-0.15, -0.1) is 0 Å². The van der Waals surface area contributed by atoms with Crippen molar-refractivity contribution in [3.8, 4) is 11.5 Å². The summed E-state index contributed by atoms with van der Waals surface area (Å²) in [6.45, 7) is 7.76. The predicted molar refractivity (Wildman–Crippen MR) is 193 cm³/mol. The van der Waals surface area contributed by atoms with E-state index in [1.54, 1.807) is 0 Å². The molecule has 3 aromatic rings. The van der Waals surface area contributed by atoms with Crippen LogP contribution in [0.25, 0.3) is 5.48 Å². The Balaban J connectivity index is 0.000000479. The number of nitrogens with zero attached hydrogens (tertiary/aromatic N) is 3. The number of phenols is 1. The van der Waals surface area contributed by atoms with Gasteiger partial charge in [0, 0.05) is 82.5 Å². The maximum atomic E-state index is 13.4. The Kier molecular flexibility index (Phi) is 18.1. The normalized spacial score (nSPS) is 13.6. The maximum absolute atomic E-state index is 13.4. The Hall–Kier alpha value is -4.04. The van der Waals surface area contributed by atoms with Crippen LogP contribution in [0, 0.1) is 5.92 Å². The van der Waals surface area contributed by atoms with Gasteiger partial charge in [0.05, 0.1) is 25.4 Å². The predicted octanol–water partition coefficient (Wildman–Crippen LogP) is 5.50. The molecule has 0 aliphatic carbocycles. The van der Waals surface area contributed by atoms with Gasteiger partial charge in [0.15, 0.2) is 17.8 Å². The van der Waals surface area contributed by atoms with Crippen molar-refractivity contribution in [1.82, 2.24) is 5.32 Å².